The van der Waals surface area contributed by atoms with Crippen molar-refractivity contribution in [3.05, 3.63) is 63.7 Å². The zero-order valence-corrected chi connectivity index (χ0v) is 12.1. The quantitative estimate of drug-likeness (QED) is 0.676. The lowest BCUT2D eigenvalue weighted by molar-refractivity contribution is 0.430. The third kappa shape index (κ3) is 2.53. The summed E-state index contributed by atoms with van der Waals surface area (Å²) < 4.78 is 33.1. The second-order valence-corrected chi connectivity index (χ2v) is 5.00. The van der Waals surface area contributed by atoms with Gasteiger partial charge in [0.1, 0.15) is 11.0 Å². The number of hydrogen-bond acceptors (Lipinski definition) is 3. The zero-order valence-electron chi connectivity index (χ0n) is 11.3. The van der Waals surface area contributed by atoms with Crippen molar-refractivity contribution in [3.63, 3.8) is 0 Å². The Kier molecular flexibility index (Phi) is 3.54. The molecule has 3 rings (SSSR count). The number of nitrogens with zero attached hydrogens (tertiary/aromatic N) is 2. The van der Waals surface area contributed by atoms with Gasteiger partial charge in [0.2, 0.25) is 0 Å². The van der Waals surface area contributed by atoms with Gasteiger partial charge in [-0.15, -0.1) is 0 Å². The third-order valence-corrected chi connectivity index (χ3v) is 3.36. The Morgan fingerprint density at radius 1 is 1.18 bits per heavy atom. The Morgan fingerprint density at radius 3 is 2.68 bits per heavy atom. The highest BCUT2D eigenvalue weighted by Gasteiger charge is 2.12. The van der Waals surface area contributed by atoms with Gasteiger partial charge in [0, 0.05) is 24.7 Å². The van der Waals surface area contributed by atoms with Crippen molar-refractivity contribution in [1.29, 1.82) is 0 Å². The molecule has 0 N–H and O–H groups in total. The van der Waals surface area contributed by atoms with Crippen LogP contribution in [-0.4, -0.2) is 9.55 Å². The second kappa shape index (κ2) is 5.38. The fraction of sp³-hybridized carbons (Fsp3) is 0.0667. The largest absolute Gasteiger partial charge is 0.448 e. The van der Waals surface area contributed by atoms with Gasteiger partial charge in [-0.1, -0.05) is 11.6 Å². The summed E-state index contributed by atoms with van der Waals surface area (Å²) in [6, 6.07) is 5.83. The summed E-state index contributed by atoms with van der Waals surface area (Å²) in [4.78, 5) is 16.2. The molecule has 0 aliphatic rings. The van der Waals surface area contributed by atoms with Gasteiger partial charge in [0.05, 0.1) is 5.52 Å². The number of pyridine rings is 2. The number of benzene rings is 1. The third-order valence-electron chi connectivity index (χ3n) is 3.16. The van der Waals surface area contributed by atoms with Gasteiger partial charge >= 0.3 is 0 Å². The molecule has 0 bridgehead atoms. The van der Waals surface area contributed by atoms with E-state index in [2.05, 4.69) is 4.98 Å². The van der Waals surface area contributed by atoms with Crippen LogP contribution in [0.5, 0.6) is 11.5 Å². The van der Waals surface area contributed by atoms with Crippen LogP contribution in [0.4, 0.5) is 8.78 Å². The van der Waals surface area contributed by atoms with Gasteiger partial charge in [-0.2, -0.15) is 0 Å². The standard InChI is InChI=1S/C15H9ClF2N2O2/c1-20-11-6-14(16)19-7-8(11)4-13(15(20)21)22-12-3-2-9(17)5-10(12)18/h2-7H,1H3. The normalized spacial score (nSPS) is 10.9. The van der Waals surface area contributed by atoms with Gasteiger partial charge < -0.3 is 9.30 Å². The van der Waals surface area contributed by atoms with Gasteiger partial charge in [-0.3, -0.25) is 4.79 Å². The first kappa shape index (κ1) is 14.5. The number of hydrogen-bond donors (Lipinski definition) is 0. The van der Waals surface area contributed by atoms with Gasteiger partial charge in [0.25, 0.3) is 5.56 Å². The maximum absolute atomic E-state index is 13.6. The average Bonchev–Trinajstić information content (AvgIpc) is 2.48. The summed E-state index contributed by atoms with van der Waals surface area (Å²) in [5.74, 6) is -1.95. The van der Waals surface area contributed by atoms with E-state index in [1.807, 2.05) is 0 Å². The van der Waals surface area contributed by atoms with Crippen LogP contribution < -0.4 is 10.3 Å². The zero-order chi connectivity index (χ0) is 15.9. The second-order valence-electron chi connectivity index (χ2n) is 4.62. The Labute approximate surface area is 128 Å². The predicted octanol–water partition coefficient (Wildman–Crippen LogP) is 3.66. The number of rotatable bonds is 2. The lowest BCUT2D eigenvalue weighted by Crippen LogP contribution is -2.18. The molecule has 112 valence electrons. The minimum Gasteiger partial charge on any atom is -0.448 e. The monoisotopic (exact) mass is 322 g/mol. The van der Waals surface area contributed by atoms with Crippen molar-refractivity contribution in [2.45, 2.75) is 0 Å². The van der Waals surface area contributed by atoms with E-state index in [1.165, 1.54) is 23.9 Å². The molecule has 0 unspecified atom stereocenters. The summed E-state index contributed by atoms with van der Waals surface area (Å²) in [5.41, 5.74) is 0.0930. The van der Waals surface area contributed by atoms with E-state index < -0.39 is 17.2 Å². The maximum atomic E-state index is 13.6. The molecule has 0 spiro atoms. The molecule has 7 heteroatoms. The molecular formula is C15H9ClF2N2O2. The fourth-order valence-corrected chi connectivity index (χ4v) is 2.21. The van der Waals surface area contributed by atoms with Crippen LogP contribution in [0.15, 0.2) is 41.3 Å². The molecule has 22 heavy (non-hydrogen) atoms. The van der Waals surface area contributed by atoms with E-state index in [4.69, 9.17) is 16.3 Å². The molecule has 4 nitrogen and oxygen atoms in total. The predicted molar refractivity (Wildman–Crippen MR) is 78.4 cm³/mol. The summed E-state index contributed by atoms with van der Waals surface area (Å²) in [6.07, 6.45) is 1.48. The molecular weight excluding hydrogens is 314 g/mol. The lowest BCUT2D eigenvalue weighted by atomic mass is 10.2. The van der Waals surface area contributed by atoms with E-state index in [0.717, 1.165) is 12.1 Å². The summed E-state index contributed by atoms with van der Waals surface area (Å²) in [6.45, 7) is 0. The average molecular weight is 323 g/mol. The minimum absolute atomic E-state index is 0.0929. The topological polar surface area (TPSA) is 44.1 Å². The van der Waals surface area contributed by atoms with Crippen LogP contribution in [0.3, 0.4) is 0 Å². The van der Waals surface area contributed by atoms with E-state index >= 15 is 0 Å². The van der Waals surface area contributed by atoms with Crippen molar-refractivity contribution < 1.29 is 13.5 Å². The first-order valence-corrected chi connectivity index (χ1v) is 6.61. The summed E-state index contributed by atoms with van der Waals surface area (Å²) in [7, 11) is 1.54. The molecule has 2 heterocycles. The van der Waals surface area contributed by atoms with Crippen LogP contribution in [-0.2, 0) is 7.05 Å². The van der Waals surface area contributed by atoms with Crippen molar-refractivity contribution in [2.75, 3.05) is 0 Å². The van der Waals surface area contributed by atoms with Crippen molar-refractivity contribution in [3.8, 4) is 11.5 Å². The van der Waals surface area contributed by atoms with Crippen LogP contribution in [0.1, 0.15) is 0 Å². The number of fused-ring (bicyclic) bond motifs is 1. The van der Waals surface area contributed by atoms with E-state index in [1.54, 1.807) is 6.07 Å². The lowest BCUT2D eigenvalue weighted by Gasteiger charge is -2.10. The molecule has 0 radical (unpaired) electrons. The van der Waals surface area contributed by atoms with Gasteiger partial charge in [-0.25, -0.2) is 13.8 Å². The van der Waals surface area contributed by atoms with Crippen LogP contribution in [0, 0.1) is 11.6 Å². The first-order valence-electron chi connectivity index (χ1n) is 6.24. The fourth-order valence-electron chi connectivity index (χ4n) is 2.06. The van der Waals surface area contributed by atoms with E-state index in [0.29, 0.717) is 17.0 Å². The number of aromatic nitrogens is 2. The highest BCUT2D eigenvalue weighted by molar-refractivity contribution is 6.30. The van der Waals surface area contributed by atoms with Crippen molar-refractivity contribution in [2.24, 2.45) is 7.05 Å². The molecule has 0 fully saturated rings. The van der Waals surface area contributed by atoms with Crippen molar-refractivity contribution in [1.82, 2.24) is 9.55 Å². The molecule has 0 atom stereocenters. The SMILES string of the molecule is Cn1c(=O)c(Oc2ccc(F)cc2F)cc2cnc(Cl)cc21. The number of ether oxygens (including phenoxy) is 1. The minimum atomic E-state index is -0.892. The van der Waals surface area contributed by atoms with E-state index in [-0.39, 0.29) is 16.7 Å². The molecule has 3 aromatic rings. The van der Waals surface area contributed by atoms with Crippen LogP contribution in [0.2, 0.25) is 5.15 Å². The highest BCUT2D eigenvalue weighted by atomic mass is 35.5. The molecule has 2 aromatic heterocycles. The Balaban J connectivity index is 2.13. The first-order chi connectivity index (χ1) is 10.5. The van der Waals surface area contributed by atoms with Gasteiger partial charge in [0.15, 0.2) is 17.3 Å². The van der Waals surface area contributed by atoms with Gasteiger partial charge in [-0.05, 0) is 24.3 Å². The molecule has 0 saturated carbocycles. The van der Waals surface area contributed by atoms with E-state index in [9.17, 15) is 13.6 Å². The molecule has 0 amide bonds. The van der Waals surface area contributed by atoms with Crippen LogP contribution in [0.25, 0.3) is 10.9 Å². The summed E-state index contributed by atoms with van der Waals surface area (Å²) >= 11 is 5.81. The molecule has 1 aromatic carbocycles. The summed E-state index contributed by atoms with van der Waals surface area (Å²) in [5, 5.41) is 0.852. The molecule has 0 aliphatic heterocycles. The molecule has 0 saturated heterocycles. The Morgan fingerprint density at radius 2 is 1.95 bits per heavy atom. The smallest absolute Gasteiger partial charge is 0.293 e. The number of aryl methyl sites for hydroxylation is 1. The Bertz CT molecular complexity index is 941. The highest BCUT2D eigenvalue weighted by Crippen LogP contribution is 2.25. The van der Waals surface area contributed by atoms with Crippen LogP contribution >= 0.6 is 11.6 Å². The Hall–Kier alpha value is -2.47. The molecule has 0 aliphatic carbocycles. The maximum Gasteiger partial charge on any atom is 0.293 e. The van der Waals surface area contributed by atoms with Crippen molar-refractivity contribution >= 4 is 22.5 Å². The number of halogens is 3.